The van der Waals surface area contributed by atoms with Crippen molar-refractivity contribution >= 4 is 27.5 Å². The number of hydrogen-bond donors (Lipinski definition) is 1. The molecular formula is C17H15NO2S. The van der Waals surface area contributed by atoms with E-state index in [1.807, 2.05) is 18.2 Å². The summed E-state index contributed by atoms with van der Waals surface area (Å²) in [5, 5.41) is 10.1. The average Bonchev–Trinajstić information content (AvgIpc) is 2.89. The Morgan fingerprint density at radius 3 is 2.57 bits per heavy atom. The highest BCUT2D eigenvalue weighted by Gasteiger charge is 2.15. The number of carboxylic acid groups (broad SMARTS) is 1. The molecule has 0 spiro atoms. The Balaban J connectivity index is 2.04. The molecule has 0 radical (unpaired) electrons. The van der Waals surface area contributed by atoms with Crippen molar-refractivity contribution in [3.8, 4) is 10.6 Å². The Bertz CT molecular complexity index is 805. The molecule has 0 amide bonds. The third-order valence-corrected chi connectivity index (χ3v) is 4.67. The second kappa shape index (κ2) is 5.30. The van der Waals surface area contributed by atoms with Gasteiger partial charge in [-0.1, -0.05) is 35.9 Å². The Kier molecular flexibility index (Phi) is 3.47. The maximum atomic E-state index is 11.1. The molecular weight excluding hydrogens is 282 g/mol. The van der Waals surface area contributed by atoms with Gasteiger partial charge in [0.15, 0.2) is 0 Å². The number of nitrogens with zero attached hydrogens (tertiary/aromatic N) is 1. The topological polar surface area (TPSA) is 50.2 Å². The van der Waals surface area contributed by atoms with E-state index in [4.69, 9.17) is 5.11 Å². The number of aryl methyl sites for hydroxylation is 1. The van der Waals surface area contributed by atoms with Gasteiger partial charge >= 0.3 is 5.97 Å². The van der Waals surface area contributed by atoms with Gasteiger partial charge in [-0.2, -0.15) is 0 Å². The second-order valence-electron chi connectivity index (χ2n) is 5.17. The van der Waals surface area contributed by atoms with Gasteiger partial charge in [-0.05, 0) is 31.5 Å². The largest absolute Gasteiger partial charge is 0.481 e. The predicted molar refractivity (Wildman–Crippen MR) is 85.8 cm³/mol. The predicted octanol–water partition coefficient (Wildman–Crippen LogP) is 4.46. The van der Waals surface area contributed by atoms with Crippen molar-refractivity contribution in [2.24, 2.45) is 0 Å². The van der Waals surface area contributed by atoms with Crippen LogP contribution in [0, 0.1) is 6.92 Å². The van der Waals surface area contributed by atoms with Gasteiger partial charge in [0, 0.05) is 5.56 Å². The second-order valence-corrected chi connectivity index (χ2v) is 6.20. The average molecular weight is 297 g/mol. The third kappa shape index (κ3) is 2.67. The van der Waals surface area contributed by atoms with Crippen LogP contribution in [0.2, 0.25) is 0 Å². The van der Waals surface area contributed by atoms with Crippen molar-refractivity contribution in [1.82, 2.24) is 4.98 Å². The minimum Gasteiger partial charge on any atom is -0.481 e. The molecule has 0 bridgehead atoms. The minimum absolute atomic E-state index is 0.515. The van der Waals surface area contributed by atoms with Gasteiger partial charge in [0.1, 0.15) is 5.01 Å². The molecule has 1 N–H and O–H groups in total. The van der Waals surface area contributed by atoms with E-state index in [2.05, 4.69) is 36.2 Å². The SMILES string of the molecule is Cc1ccc(-c2nc3cc([C@@H](C)C(=O)O)ccc3s2)cc1. The van der Waals surface area contributed by atoms with Crippen LogP contribution in [0.25, 0.3) is 20.8 Å². The quantitative estimate of drug-likeness (QED) is 0.776. The lowest BCUT2D eigenvalue weighted by molar-refractivity contribution is -0.138. The summed E-state index contributed by atoms with van der Waals surface area (Å²) in [7, 11) is 0. The van der Waals surface area contributed by atoms with Crippen molar-refractivity contribution in [2.45, 2.75) is 19.8 Å². The smallest absolute Gasteiger partial charge is 0.310 e. The Hall–Kier alpha value is -2.20. The number of benzene rings is 2. The van der Waals surface area contributed by atoms with Crippen LogP contribution < -0.4 is 0 Å². The Morgan fingerprint density at radius 2 is 1.90 bits per heavy atom. The lowest BCUT2D eigenvalue weighted by atomic mass is 10.0. The molecule has 0 aliphatic rings. The van der Waals surface area contributed by atoms with Gasteiger partial charge in [-0.25, -0.2) is 4.98 Å². The van der Waals surface area contributed by atoms with Crippen molar-refractivity contribution in [3.05, 3.63) is 53.6 Å². The Labute approximate surface area is 126 Å². The van der Waals surface area contributed by atoms with E-state index >= 15 is 0 Å². The van der Waals surface area contributed by atoms with E-state index < -0.39 is 11.9 Å². The van der Waals surface area contributed by atoms with E-state index in [1.54, 1.807) is 18.3 Å². The monoisotopic (exact) mass is 297 g/mol. The summed E-state index contributed by atoms with van der Waals surface area (Å²) in [6.45, 7) is 3.75. The number of aromatic nitrogens is 1. The van der Waals surface area contributed by atoms with Gasteiger partial charge in [-0.15, -0.1) is 11.3 Å². The van der Waals surface area contributed by atoms with Crippen LogP contribution in [0.3, 0.4) is 0 Å². The first-order chi connectivity index (χ1) is 10.0. The number of carboxylic acids is 1. The van der Waals surface area contributed by atoms with Crippen LogP contribution in [0.1, 0.15) is 24.0 Å². The summed E-state index contributed by atoms with van der Waals surface area (Å²) in [5.41, 5.74) is 3.96. The highest BCUT2D eigenvalue weighted by atomic mass is 32.1. The minimum atomic E-state index is -0.816. The zero-order valence-corrected chi connectivity index (χ0v) is 12.6. The first-order valence-corrected chi connectivity index (χ1v) is 7.56. The lowest BCUT2D eigenvalue weighted by Crippen LogP contribution is -2.06. The highest BCUT2D eigenvalue weighted by Crippen LogP contribution is 2.32. The fourth-order valence-corrected chi connectivity index (χ4v) is 3.13. The van der Waals surface area contributed by atoms with E-state index in [1.165, 1.54) is 5.56 Å². The Morgan fingerprint density at radius 1 is 1.19 bits per heavy atom. The number of carbonyl (C=O) groups is 1. The number of rotatable bonds is 3. The van der Waals surface area contributed by atoms with Crippen molar-refractivity contribution < 1.29 is 9.90 Å². The molecule has 0 fully saturated rings. The van der Waals surface area contributed by atoms with Crippen LogP contribution in [0.15, 0.2) is 42.5 Å². The zero-order valence-electron chi connectivity index (χ0n) is 11.8. The molecule has 1 aromatic heterocycles. The zero-order chi connectivity index (χ0) is 15.0. The molecule has 0 aliphatic carbocycles. The van der Waals surface area contributed by atoms with E-state index in [0.29, 0.717) is 0 Å². The van der Waals surface area contributed by atoms with Crippen LogP contribution in [0.5, 0.6) is 0 Å². The number of hydrogen-bond acceptors (Lipinski definition) is 3. The van der Waals surface area contributed by atoms with Crippen molar-refractivity contribution in [3.63, 3.8) is 0 Å². The van der Waals surface area contributed by atoms with Gasteiger partial charge in [0.05, 0.1) is 16.1 Å². The molecule has 2 aromatic carbocycles. The molecule has 4 heteroatoms. The van der Waals surface area contributed by atoms with E-state index in [0.717, 1.165) is 26.4 Å². The molecule has 0 aliphatic heterocycles. The summed E-state index contributed by atoms with van der Waals surface area (Å²) in [5.74, 6) is -1.33. The summed E-state index contributed by atoms with van der Waals surface area (Å²) >= 11 is 1.63. The van der Waals surface area contributed by atoms with Crippen molar-refractivity contribution in [1.29, 1.82) is 0 Å². The first-order valence-electron chi connectivity index (χ1n) is 6.75. The third-order valence-electron chi connectivity index (χ3n) is 3.58. The number of aliphatic carboxylic acids is 1. The molecule has 3 aromatic rings. The molecule has 3 rings (SSSR count). The van der Waals surface area contributed by atoms with Crippen LogP contribution in [-0.2, 0) is 4.79 Å². The first kappa shape index (κ1) is 13.8. The number of thiazole rings is 1. The molecule has 0 unspecified atom stereocenters. The fourth-order valence-electron chi connectivity index (χ4n) is 2.18. The molecule has 0 saturated carbocycles. The lowest BCUT2D eigenvalue weighted by Gasteiger charge is -2.05. The summed E-state index contributed by atoms with van der Waals surface area (Å²) in [4.78, 5) is 15.7. The normalized spacial score (nSPS) is 12.5. The molecule has 106 valence electrons. The van der Waals surface area contributed by atoms with Gasteiger partial charge in [0.25, 0.3) is 0 Å². The van der Waals surface area contributed by atoms with E-state index in [-0.39, 0.29) is 0 Å². The molecule has 3 nitrogen and oxygen atoms in total. The highest BCUT2D eigenvalue weighted by molar-refractivity contribution is 7.21. The summed E-state index contributed by atoms with van der Waals surface area (Å²) in [6, 6.07) is 14.0. The summed E-state index contributed by atoms with van der Waals surface area (Å²) in [6.07, 6.45) is 0. The number of fused-ring (bicyclic) bond motifs is 1. The maximum absolute atomic E-state index is 11.1. The molecule has 21 heavy (non-hydrogen) atoms. The van der Waals surface area contributed by atoms with Gasteiger partial charge in [0.2, 0.25) is 0 Å². The van der Waals surface area contributed by atoms with Crippen LogP contribution in [0.4, 0.5) is 0 Å². The molecule has 1 atom stereocenters. The molecule has 0 saturated heterocycles. The maximum Gasteiger partial charge on any atom is 0.310 e. The van der Waals surface area contributed by atoms with Crippen LogP contribution >= 0.6 is 11.3 Å². The van der Waals surface area contributed by atoms with Crippen molar-refractivity contribution in [2.75, 3.05) is 0 Å². The van der Waals surface area contributed by atoms with E-state index in [9.17, 15) is 4.79 Å². The van der Waals surface area contributed by atoms with Gasteiger partial charge < -0.3 is 5.11 Å². The fraction of sp³-hybridized carbons (Fsp3) is 0.176. The standard InChI is InChI=1S/C17H15NO2S/c1-10-3-5-12(6-4-10)16-18-14-9-13(11(2)17(19)20)7-8-15(14)21-16/h3-9,11H,1-2H3,(H,19,20)/t11-/m1/s1. The summed E-state index contributed by atoms with van der Waals surface area (Å²) < 4.78 is 1.08. The van der Waals surface area contributed by atoms with Crippen LogP contribution in [-0.4, -0.2) is 16.1 Å². The van der Waals surface area contributed by atoms with Gasteiger partial charge in [-0.3, -0.25) is 4.79 Å². The molecule has 1 heterocycles.